The van der Waals surface area contributed by atoms with Crippen molar-refractivity contribution >= 4 is 11.6 Å². The molecule has 0 atom stereocenters. The van der Waals surface area contributed by atoms with Crippen molar-refractivity contribution in [2.45, 2.75) is 0 Å². The fraction of sp³-hybridized carbons (Fsp3) is 0.462. The maximum atomic E-state index is 11.8. The van der Waals surface area contributed by atoms with E-state index in [1.54, 1.807) is 7.11 Å². The molecule has 0 aromatic heterocycles. The maximum Gasteiger partial charge on any atom is 0.279 e. The van der Waals surface area contributed by atoms with Crippen LogP contribution in [0.5, 0.6) is 5.75 Å². The number of benzene rings is 1. The molecular weight excluding hydrogens is 232 g/mol. The molecule has 0 spiro atoms. The number of hydrogen-bond donors (Lipinski definition) is 2. The zero-order chi connectivity index (χ0) is 12.8. The molecule has 1 aliphatic rings. The standard InChI is InChI=1S/C13H18N2O3/c1-17-12-4-2-11(3-5-12)14-13(16)10-15-6-8-18-9-7-15/h2-5H,6-10H2,1H3,(H,14,16)/p+1. The van der Waals surface area contributed by atoms with Crippen LogP contribution < -0.4 is 15.0 Å². The number of methoxy groups -OCH3 is 1. The molecule has 1 heterocycles. The Balaban J connectivity index is 1.82. The van der Waals surface area contributed by atoms with Gasteiger partial charge in [-0.2, -0.15) is 0 Å². The number of morpholine rings is 1. The van der Waals surface area contributed by atoms with Gasteiger partial charge in [0.05, 0.1) is 20.3 Å². The van der Waals surface area contributed by atoms with E-state index in [1.165, 1.54) is 4.90 Å². The van der Waals surface area contributed by atoms with Crippen LogP contribution in [-0.4, -0.2) is 45.9 Å². The first-order valence-corrected chi connectivity index (χ1v) is 6.13. The molecule has 2 rings (SSSR count). The van der Waals surface area contributed by atoms with Gasteiger partial charge in [0.15, 0.2) is 6.54 Å². The molecule has 0 bridgehead atoms. The fourth-order valence-corrected chi connectivity index (χ4v) is 1.94. The van der Waals surface area contributed by atoms with Crippen LogP contribution >= 0.6 is 0 Å². The van der Waals surface area contributed by atoms with Crippen LogP contribution in [-0.2, 0) is 9.53 Å². The lowest BCUT2D eigenvalue weighted by Gasteiger charge is -2.23. The summed E-state index contributed by atoms with van der Waals surface area (Å²) < 4.78 is 10.3. The smallest absolute Gasteiger partial charge is 0.279 e. The van der Waals surface area contributed by atoms with Crippen molar-refractivity contribution in [2.24, 2.45) is 0 Å². The molecule has 0 saturated carbocycles. The number of ether oxygens (including phenoxy) is 2. The van der Waals surface area contributed by atoms with Crippen LogP contribution in [0.2, 0.25) is 0 Å². The number of amides is 1. The summed E-state index contributed by atoms with van der Waals surface area (Å²) in [4.78, 5) is 13.1. The lowest BCUT2D eigenvalue weighted by molar-refractivity contribution is -0.899. The third kappa shape index (κ3) is 3.72. The Labute approximate surface area is 107 Å². The second kappa shape index (κ2) is 6.37. The zero-order valence-electron chi connectivity index (χ0n) is 10.6. The number of quaternary nitrogens is 1. The van der Waals surface area contributed by atoms with Crippen molar-refractivity contribution < 1.29 is 19.2 Å². The van der Waals surface area contributed by atoms with Crippen molar-refractivity contribution in [1.82, 2.24) is 0 Å². The van der Waals surface area contributed by atoms with E-state index in [1.807, 2.05) is 24.3 Å². The Morgan fingerprint density at radius 3 is 2.61 bits per heavy atom. The molecule has 5 nitrogen and oxygen atoms in total. The number of carbonyl (C=O) groups is 1. The van der Waals surface area contributed by atoms with Crippen LogP contribution in [0.4, 0.5) is 5.69 Å². The predicted octanol–water partition coefficient (Wildman–Crippen LogP) is -0.451. The average molecular weight is 251 g/mol. The van der Waals surface area contributed by atoms with Gasteiger partial charge in [-0.3, -0.25) is 4.79 Å². The van der Waals surface area contributed by atoms with Gasteiger partial charge in [-0.15, -0.1) is 0 Å². The highest BCUT2D eigenvalue weighted by Crippen LogP contribution is 2.14. The van der Waals surface area contributed by atoms with Gasteiger partial charge in [-0.1, -0.05) is 0 Å². The number of anilines is 1. The SMILES string of the molecule is COc1ccc(NC(=O)C[NH+]2CCOCC2)cc1. The van der Waals surface area contributed by atoms with Gasteiger partial charge in [0.1, 0.15) is 18.8 Å². The maximum absolute atomic E-state index is 11.8. The second-order valence-corrected chi connectivity index (χ2v) is 4.32. The van der Waals surface area contributed by atoms with E-state index in [0.29, 0.717) is 6.54 Å². The van der Waals surface area contributed by atoms with Crippen LogP contribution in [0.15, 0.2) is 24.3 Å². The molecule has 98 valence electrons. The molecule has 1 aromatic rings. The monoisotopic (exact) mass is 251 g/mol. The lowest BCUT2D eigenvalue weighted by Crippen LogP contribution is -3.15. The molecular formula is C13H19N2O3+. The average Bonchev–Trinajstić information content (AvgIpc) is 2.40. The van der Waals surface area contributed by atoms with Crippen LogP contribution in [0.1, 0.15) is 0 Å². The van der Waals surface area contributed by atoms with Gasteiger partial charge < -0.3 is 19.7 Å². The van der Waals surface area contributed by atoms with E-state index < -0.39 is 0 Å². The highest BCUT2D eigenvalue weighted by atomic mass is 16.5. The van der Waals surface area contributed by atoms with E-state index in [9.17, 15) is 4.79 Å². The summed E-state index contributed by atoms with van der Waals surface area (Å²) in [5.41, 5.74) is 0.799. The summed E-state index contributed by atoms with van der Waals surface area (Å²) in [6, 6.07) is 7.34. The van der Waals surface area contributed by atoms with E-state index >= 15 is 0 Å². The minimum Gasteiger partial charge on any atom is -0.497 e. The van der Waals surface area contributed by atoms with Gasteiger partial charge in [-0.25, -0.2) is 0 Å². The molecule has 1 saturated heterocycles. The quantitative estimate of drug-likeness (QED) is 0.762. The van der Waals surface area contributed by atoms with Crippen molar-refractivity contribution in [2.75, 3.05) is 45.3 Å². The summed E-state index contributed by atoms with van der Waals surface area (Å²) in [6.07, 6.45) is 0. The first-order valence-electron chi connectivity index (χ1n) is 6.13. The Hall–Kier alpha value is -1.59. The molecule has 2 N–H and O–H groups in total. The van der Waals surface area contributed by atoms with E-state index in [2.05, 4.69) is 5.32 Å². The summed E-state index contributed by atoms with van der Waals surface area (Å²) in [5.74, 6) is 0.823. The molecule has 1 aromatic carbocycles. The summed E-state index contributed by atoms with van der Waals surface area (Å²) >= 11 is 0. The van der Waals surface area contributed by atoms with E-state index in [-0.39, 0.29) is 5.91 Å². The van der Waals surface area contributed by atoms with Crippen LogP contribution in [0, 0.1) is 0 Å². The minimum absolute atomic E-state index is 0.0390. The molecule has 18 heavy (non-hydrogen) atoms. The lowest BCUT2D eigenvalue weighted by atomic mass is 10.3. The van der Waals surface area contributed by atoms with Gasteiger partial charge in [0, 0.05) is 5.69 Å². The first-order chi connectivity index (χ1) is 8.78. The normalized spacial score (nSPS) is 16.3. The molecule has 0 radical (unpaired) electrons. The van der Waals surface area contributed by atoms with Crippen LogP contribution in [0.3, 0.4) is 0 Å². The highest BCUT2D eigenvalue weighted by molar-refractivity contribution is 5.91. The Morgan fingerprint density at radius 2 is 2.00 bits per heavy atom. The van der Waals surface area contributed by atoms with E-state index in [0.717, 1.165) is 37.7 Å². The third-order valence-electron chi connectivity index (χ3n) is 2.98. The molecule has 1 amide bonds. The number of hydrogen-bond acceptors (Lipinski definition) is 3. The molecule has 0 unspecified atom stereocenters. The van der Waals surface area contributed by atoms with Crippen molar-refractivity contribution in [3.8, 4) is 5.75 Å². The van der Waals surface area contributed by atoms with Crippen molar-refractivity contribution in [3.05, 3.63) is 24.3 Å². The Kier molecular flexibility index (Phi) is 4.55. The first kappa shape index (κ1) is 12.9. The molecule has 0 aliphatic carbocycles. The van der Waals surface area contributed by atoms with Gasteiger partial charge in [0.25, 0.3) is 5.91 Å². The van der Waals surface area contributed by atoms with Gasteiger partial charge in [0.2, 0.25) is 0 Å². The molecule has 1 fully saturated rings. The summed E-state index contributed by atoms with van der Waals surface area (Å²) in [6.45, 7) is 3.78. The Morgan fingerprint density at radius 1 is 1.33 bits per heavy atom. The van der Waals surface area contributed by atoms with E-state index in [4.69, 9.17) is 9.47 Å². The highest BCUT2D eigenvalue weighted by Gasteiger charge is 2.17. The van der Waals surface area contributed by atoms with Gasteiger partial charge in [-0.05, 0) is 24.3 Å². The summed E-state index contributed by atoms with van der Waals surface area (Å²) in [5, 5.41) is 2.88. The fourth-order valence-electron chi connectivity index (χ4n) is 1.94. The topological polar surface area (TPSA) is 52.0 Å². The number of carbonyl (C=O) groups excluding carboxylic acids is 1. The number of rotatable bonds is 4. The van der Waals surface area contributed by atoms with Crippen LogP contribution in [0.25, 0.3) is 0 Å². The van der Waals surface area contributed by atoms with Crippen molar-refractivity contribution in [3.63, 3.8) is 0 Å². The molecule has 1 aliphatic heterocycles. The Bertz CT molecular complexity index is 386. The summed E-state index contributed by atoms with van der Waals surface area (Å²) in [7, 11) is 1.62. The molecule has 5 heteroatoms. The largest absolute Gasteiger partial charge is 0.497 e. The van der Waals surface area contributed by atoms with Gasteiger partial charge >= 0.3 is 0 Å². The van der Waals surface area contributed by atoms with Crippen molar-refractivity contribution in [1.29, 1.82) is 0 Å². The second-order valence-electron chi connectivity index (χ2n) is 4.32. The third-order valence-corrected chi connectivity index (χ3v) is 2.98. The number of nitrogens with one attached hydrogen (secondary N) is 2. The predicted molar refractivity (Wildman–Crippen MR) is 68.0 cm³/mol. The minimum atomic E-state index is 0.0390. The zero-order valence-corrected chi connectivity index (χ0v) is 10.6.